The molecule has 4 nitrogen and oxygen atoms in total. The summed E-state index contributed by atoms with van der Waals surface area (Å²) in [7, 11) is 3.91. The van der Waals surface area contributed by atoms with Crippen molar-refractivity contribution in [3.05, 3.63) is 29.8 Å². The van der Waals surface area contributed by atoms with Crippen LogP contribution in [-0.4, -0.2) is 30.3 Å². The zero-order chi connectivity index (χ0) is 12.8. The summed E-state index contributed by atoms with van der Waals surface area (Å²) in [6.45, 7) is 0. The Hall–Kier alpha value is -1.55. The van der Waals surface area contributed by atoms with Crippen molar-refractivity contribution in [2.45, 2.75) is 25.4 Å². The van der Waals surface area contributed by atoms with Gasteiger partial charge in [0.25, 0.3) is 0 Å². The molecule has 2 N–H and O–H groups in total. The third-order valence-corrected chi connectivity index (χ3v) is 2.66. The fraction of sp³-hybridized carbons (Fsp3) is 0.462. The lowest BCUT2D eigenvalue weighted by Crippen LogP contribution is -2.08. The van der Waals surface area contributed by atoms with Crippen LogP contribution in [0, 0.1) is 0 Å². The third kappa shape index (κ3) is 4.44. The lowest BCUT2D eigenvalue weighted by atomic mass is 10.0. The van der Waals surface area contributed by atoms with E-state index in [0.717, 1.165) is 11.3 Å². The maximum atomic E-state index is 10.3. The second-order valence-corrected chi connectivity index (χ2v) is 4.29. The number of carboxylic acids is 1. The summed E-state index contributed by atoms with van der Waals surface area (Å²) in [5.41, 5.74) is 1.91. The number of benzene rings is 1. The predicted octanol–water partition coefficient (Wildman–Crippen LogP) is 2.04. The number of aliphatic hydroxyl groups is 1. The molecule has 1 atom stereocenters. The van der Waals surface area contributed by atoms with E-state index in [-0.39, 0.29) is 6.42 Å². The predicted molar refractivity (Wildman–Crippen MR) is 67.2 cm³/mol. The van der Waals surface area contributed by atoms with E-state index in [1.54, 1.807) is 0 Å². The molecule has 0 aliphatic heterocycles. The molecule has 0 saturated carbocycles. The van der Waals surface area contributed by atoms with Crippen molar-refractivity contribution >= 4 is 11.7 Å². The Kier molecular flexibility index (Phi) is 4.97. The van der Waals surface area contributed by atoms with E-state index in [9.17, 15) is 9.90 Å². The van der Waals surface area contributed by atoms with Crippen LogP contribution in [-0.2, 0) is 4.79 Å². The quantitative estimate of drug-likeness (QED) is 0.795. The normalized spacial score (nSPS) is 12.2. The van der Waals surface area contributed by atoms with Crippen molar-refractivity contribution in [1.29, 1.82) is 0 Å². The zero-order valence-electron chi connectivity index (χ0n) is 10.3. The third-order valence-electron chi connectivity index (χ3n) is 2.66. The lowest BCUT2D eigenvalue weighted by Gasteiger charge is -2.15. The Morgan fingerprint density at radius 1 is 1.29 bits per heavy atom. The SMILES string of the molecule is CN(C)c1ccc(C(O)CCCC(=O)O)cc1. The van der Waals surface area contributed by atoms with E-state index in [1.165, 1.54) is 0 Å². The van der Waals surface area contributed by atoms with E-state index in [1.807, 2.05) is 43.3 Å². The average molecular weight is 237 g/mol. The largest absolute Gasteiger partial charge is 0.481 e. The number of carboxylic acid groups (broad SMARTS) is 1. The first kappa shape index (κ1) is 13.5. The van der Waals surface area contributed by atoms with Gasteiger partial charge in [0.2, 0.25) is 0 Å². The minimum absolute atomic E-state index is 0.104. The molecule has 0 aliphatic carbocycles. The van der Waals surface area contributed by atoms with Gasteiger partial charge in [-0.3, -0.25) is 4.79 Å². The number of hydrogen-bond acceptors (Lipinski definition) is 3. The Morgan fingerprint density at radius 3 is 2.35 bits per heavy atom. The zero-order valence-corrected chi connectivity index (χ0v) is 10.3. The minimum Gasteiger partial charge on any atom is -0.481 e. The van der Waals surface area contributed by atoms with Crippen molar-refractivity contribution in [2.75, 3.05) is 19.0 Å². The highest BCUT2D eigenvalue weighted by Gasteiger charge is 2.08. The molecule has 0 aromatic heterocycles. The molecule has 0 saturated heterocycles. The molecule has 0 fully saturated rings. The van der Waals surface area contributed by atoms with Gasteiger partial charge in [0.1, 0.15) is 0 Å². The highest BCUT2D eigenvalue weighted by atomic mass is 16.4. The number of hydrogen-bond donors (Lipinski definition) is 2. The number of anilines is 1. The molecule has 0 spiro atoms. The maximum Gasteiger partial charge on any atom is 0.303 e. The first-order chi connectivity index (χ1) is 8.00. The van der Waals surface area contributed by atoms with Crippen LogP contribution < -0.4 is 4.90 Å². The van der Waals surface area contributed by atoms with Crippen molar-refractivity contribution < 1.29 is 15.0 Å². The molecular weight excluding hydrogens is 218 g/mol. The van der Waals surface area contributed by atoms with Gasteiger partial charge in [0.05, 0.1) is 6.10 Å². The number of rotatable bonds is 6. The summed E-state index contributed by atoms with van der Waals surface area (Å²) in [6, 6.07) is 7.63. The minimum atomic E-state index is -0.819. The van der Waals surface area contributed by atoms with Crippen LogP contribution in [0.1, 0.15) is 30.9 Å². The van der Waals surface area contributed by atoms with E-state index in [2.05, 4.69) is 0 Å². The van der Waals surface area contributed by atoms with Crippen LogP contribution in [0.3, 0.4) is 0 Å². The molecule has 4 heteroatoms. The Bertz CT molecular complexity index is 359. The van der Waals surface area contributed by atoms with Crippen molar-refractivity contribution in [3.63, 3.8) is 0 Å². The molecule has 0 radical (unpaired) electrons. The fourth-order valence-electron chi connectivity index (χ4n) is 1.61. The van der Waals surface area contributed by atoms with Crippen molar-refractivity contribution in [1.82, 2.24) is 0 Å². The molecule has 94 valence electrons. The molecule has 1 unspecified atom stereocenters. The van der Waals surface area contributed by atoms with E-state index in [4.69, 9.17) is 5.11 Å². The van der Waals surface area contributed by atoms with Gasteiger partial charge in [-0.15, -0.1) is 0 Å². The van der Waals surface area contributed by atoms with Crippen LogP contribution >= 0.6 is 0 Å². The number of aliphatic hydroxyl groups excluding tert-OH is 1. The van der Waals surface area contributed by atoms with E-state index in [0.29, 0.717) is 12.8 Å². The van der Waals surface area contributed by atoms with Gasteiger partial charge in [-0.2, -0.15) is 0 Å². The van der Waals surface area contributed by atoms with Gasteiger partial charge < -0.3 is 15.1 Å². The summed E-state index contributed by atoms with van der Waals surface area (Å²) in [5.74, 6) is -0.819. The van der Waals surface area contributed by atoms with Crippen LogP contribution in [0.5, 0.6) is 0 Å². The van der Waals surface area contributed by atoms with Crippen LogP contribution in [0.15, 0.2) is 24.3 Å². The van der Waals surface area contributed by atoms with Crippen molar-refractivity contribution in [3.8, 4) is 0 Å². The van der Waals surface area contributed by atoms with Crippen LogP contribution in [0.2, 0.25) is 0 Å². The smallest absolute Gasteiger partial charge is 0.303 e. The molecule has 0 bridgehead atoms. The van der Waals surface area contributed by atoms with E-state index < -0.39 is 12.1 Å². The highest BCUT2D eigenvalue weighted by molar-refractivity contribution is 5.66. The second-order valence-electron chi connectivity index (χ2n) is 4.29. The second kappa shape index (κ2) is 6.25. The first-order valence-corrected chi connectivity index (χ1v) is 5.68. The Labute approximate surface area is 101 Å². The first-order valence-electron chi connectivity index (χ1n) is 5.68. The molecule has 0 aliphatic rings. The number of carbonyl (C=O) groups is 1. The molecule has 0 heterocycles. The standard InChI is InChI=1S/C13H19NO3/c1-14(2)11-8-6-10(7-9-11)12(15)4-3-5-13(16)17/h6-9,12,15H,3-5H2,1-2H3,(H,16,17). The highest BCUT2D eigenvalue weighted by Crippen LogP contribution is 2.21. The molecular formula is C13H19NO3. The van der Waals surface area contributed by atoms with Gasteiger partial charge in [-0.1, -0.05) is 12.1 Å². The van der Waals surface area contributed by atoms with Gasteiger partial charge in [-0.25, -0.2) is 0 Å². The molecule has 17 heavy (non-hydrogen) atoms. The number of aliphatic carboxylic acids is 1. The molecule has 0 amide bonds. The topological polar surface area (TPSA) is 60.8 Å². The summed E-state index contributed by atoms with van der Waals surface area (Å²) in [5, 5.41) is 18.4. The van der Waals surface area contributed by atoms with Gasteiger partial charge in [-0.05, 0) is 30.5 Å². The molecule has 1 aromatic rings. The van der Waals surface area contributed by atoms with Gasteiger partial charge in [0, 0.05) is 26.2 Å². The van der Waals surface area contributed by atoms with E-state index >= 15 is 0 Å². The number of nitrogens with zero attached hydrogens (tertiary/aromatic N) is 1. The lowest BCUT2D eigenvalue weighted by molar-refractivity contribution is -0.137. The summed E-state index contributed by atoms with van der Waals surface area (Å²) in [6.07, 6.45) is 0.498. The molecule has 1 rings (SSSR count). The average Bonchev–Trinajstić information content (AvgIpc) is 2.28. The van der Waals surface area contributed by atoms with Crippen LogP contribution in [0.4, 0.5) is 5.69 Å². The Balaban J connectivity index is 2.51. The van der Waals surface area contributed by atoms with Crippen LogP contribution in [0.25, 0.3) is 0 Å². The summed E-state index contributed by atoms with van der Waals surface area (Å²) >= 11 is 0. The monoisotopic (exact) mass is 237 g/mol. The fourth-order valence-corrected chi connectivity index (χ4v) is 1.61. The molecule has 1 aromatic carbocycles. The maximum absolute atomic E-state index is 10.3. The van der Waals surface area contributed by atoms with Crippen molar-refractivity contribution in [2.24, 2.45) is 0 Å². The van der Waals surface area contributed by atoms with Gasteiger partial charge >= 0.3 is 5.97 Å². The Morgan fingerprint density at radius 2 is 1.88 bits per heavy atom. The summed E-state index contributed by atoms with van der Waals surface area (Å²) in [4.78, 5) is 12.3. The van der Waals surface area contributed by atoms with Gasteiger partial charge in [0.15, 0.2) is 0 Å². The summed E-state index contributed by atoms with van der Waals surface area (Å²) < 4.78 is 0.